The first-order valence-electron chi connectivity index (χ1n) is 9.16. The fourth-order valence-corrected chi connectivity index (χ4v) is 3.46. The molecule has 0 unspecified atom stereocenters. The Hall–Kier alpha value is -2.79. The molecule has 0 spiro atoms. The molecule has 6 heteroatoms. The Morgan fingerprint density at radius 1 is 1.29 bits per heavy atom. The van der Waals surface area contributed by atoms with E-state index >= 15 is 0 Å². The molecule has 3 rings (SSSR count). The van der Waals surface area contributed by atoms with E-state index in [1.165, 1.54) is 13.2 Å². The molecular formula is C22H22ClNO4. The average Bonchev–Trinajstić information content (AvgIpc) is 3.12. The van der Waals surface area contributed by atoms with Gasteiger partial charge in [-0.15, -0.1) is 0 Å². The van der Waals surface area contributed by atoms with Crippen LogP contribution in [-0.4, -0.2) is 32.0 Å². The predicted octanol–water partition coefficient (Wildman–Crippen LogP) is 4.77. The molecule has 1 heterocycles. The molecule has 0 radical (unpaired) electrons. The van der Waals surface area contributed by atoms with Crippen LogP contribution < -0.4 is 14.4 Å². The van der Waals surface area contributed by atoms with Crippen LogP contribution >= 0.6 is 11.6 Å². The number of carbonyl (C=O) groups is 2. The van der Waals surface area contributed by atoms with E-state index in [2.05, 4.69) is 0 Å². The van der Waals surface area contributed by atoms with Crippen molar-refractivity contribution in [2.75, 3.05) is 25.2 Å². The number of carbonyl (C=O) groups excluding carboxylic acids is 2. The number of amides is 1. The molecule has 28 heavy (non-hydrogen) atoms. The third kappa shape index (κ3) is 4.37. The molecule has 0 aliphatic carbocycles. The van der Waals surface area contributed by atoms with Gasteiger partial charge in [0.2, 0.25) is 5.91 Å². The van der Waals surface area contributed by atoms with E-state index in [-0.39, 0.29) is 11.7 Å². The zero-order chi connectivity index (χ0) is 20.1. The van der Waals surface area contributed by atoms with Crippen molar-refractivity contribution in [3.05, 3.63) is 58.6 Å². The first kappa shape index (κ1) is 20.0. The molecule has 2 aromatic rings. The number of nitrogens with zero attached hydrogens (tertiary/aromatic N) is 1. The summed E-state index contributed by atoms with van der Waals surface area (Å²) in [6, 6.07) is 10.6. The molecule has 0 aromatic heterocycles. The largest absolute Gasteiger partial charge is 0.491 e. The minimum absolute atomic E-state index is 0.0940. The molecule has 1 saturated heterocycles. The summed E-state index contributed by atoms with van der Waals surface area (Å²) in [6.07, 6.45) is 4.57. The summed E-state index contributed by atoms with van der Waals surface area (Å²) in [5.74, 6) is 0.934. The fourth-order valence-electron chi connectivity index (χ4n) is 3.16. The van der Waals surface area contributed by atoms with E-state index < -0.39 is 0 Å². The van der Waals surface area contributed by atoms with Gasteiger partial charge in [0.1, 0.15) is 0 Å². The molecule has 1 fully saturated rings. The van der Waals surface area contributed by atoms with Crippen LogP contribution in [-0.2, 0) is 4.79 Å². The van der Waals surface area contributed by atoms with E-state index in [0.29, 0.717) is 41.7 Å². The molecular weight excluding hydrogens is 378 g/mol. The highest BCUT2D eigenvalue weighted by Gasteiger charge is 2.22. The van der Waals surface area contributed by atoms with Crippen molar-refractivity contribution in [2.24, 2.45) is 0 Å². The maximum absolute atomic E-state index is 12.6. The zero-order valence-electron chi connectivity index (χ0n) is 15.9. The number of ether oxygens (including phenoxy) is 2. The maximum atomic E-state index is 12.6. The predicted molar refractivity (Wildman–Crippen MR) is 111 cm³/mol. The summed E-state index contributed by atoms with van der Waals surface area (Å²) < 4.78 is 10.8. The first-order valence-corrected chi connectivity index (χ1v) is 9.54. The number of allylic oxidation sites excluding steroid dienone is 1. The quantitative estimate of drug-likeness (QED) is 0.497. The summed E-state index contributed by atoms with van der Waals surface area (Å²) in [6.45, 7) is 3.04. The molecule has 2 aromatic carbocycles. The van der Waals surface area contributed by atoms with Crippen LogP contribution in [0.1, 0.15) is 35.7 Å². The molecule has 1 aliphatic heterocycles. The van der Waals surface area contributed by atoms with Crippen LogP contribution in [0, 0.1) is 0 Å². The lowest BCUT2D eigenvalue weighted by Crippen LogP contribution is -2.23. The van der Waals surface area contributed by atoms with Gasteiger partial charge in [0.25, 0.3) is 0 Å². The molecule has 0 atom stereocenters. The van der Waals surface area contributed by atoms with Crippen molar-refractivity contribution >= 4 is 35.1 Å². The summed E-state index contributed by atoms with van der Waals surface area (Å²) in [7, 11) is 1.53. The van der Waals surface area contributed by atoms with Crippen molar-refractivity contribution in [2.45, 2.75) is 19.8 Å². The van der Waals surface area contributed by atoms with Gasteiger partial charge in [0, 0.05) is 24.2 Å². The molecule has 5 nitrogen and oxygen atoms in total. The summed E-state index contributed by atoms with van der Waals surface area (Å²) >= 11 is 6.25. The van der Waals surface area contributed by atoms with Crippen molar-refractivity contribution in [1.82, 2.24) is 0 Å². The van der Waals surface area contributed by atoms with Crippen LogP contribution in [0.5, 0.6) is 11.5 Å². The monoisotopic (exact) mass is 399 g/mol. The van der Waals surface area contributed by atoms with Crippen molar-refractivity contribution in [1.29, 1.82) is 0 Å². The fraction of sp³-hybridized carbons (Fsp3) is 0.273. The van der Waals surface area contributed by atoms with Crippen LogP contribution in [0.2, 0.25) is 5.02 Å². The Kier molecular flexibility index (Phi) is 6.37. The Labute approximate surface area is 169 Å². The number of anilines is 1. The van der Waals surface area contributed by atoms with Crippen molar-refractivity contribution in [3.8, 4) is 11.5 Å². The number of rotatable bonds is 7. The van der Waals surface area contributed by atoms with Gasteiger partial charge >= 0.3 is 0 Å². The third-order valence-electron chi connectivity index (χ3n) is 4.48. The van der Waals surface area contributed by atoms with Crippen LogP contribution in [0.3, 0.4) is 0 Å². The minimum atomic E-state index is -0.154. The highest BCUT2D eigenvalue weighted by molar-refractivity contribution is 6.32. The highest BCUT2D eigenvalue weighted by Crippen LogP contribution is 2.36. The number of hydrogen-bond acceptors (Lipinski definition) is 4. The normalized spacial score (nSPS) is 14.0. The van der Waals surface area contributed by atoms with E-state index in [0.717, 1.165) is 17.7 Å². The van der Waals surface area contributed by atoms with Crippen LogP contribution in [0.4, 0.5) is 5.69 Å². The van der Waals surface area contributed by atoms with E-state index in [4.69, 9.17) is 21.1 Å². The average molecular weight is 400 g/mol. The van der Waals surface area contributed by atoms with Gasteiger partial charge in [-0.1, -0.05) is 29.8 Å². The van der Waals surface area contributed by atoms with Gasteiger partial charge in [-0.25, -0.2) is 0 Å². The Balaban J connectivity index is 1.81. The number of methoxy groups -OCH3 is 1. The lowest BCUT2D eigenvalue weighted by Gasteiger charge is -2.16. The smallest absolute Gasteiger partial charge is 0.227 e. The summed E-state index contributed by atoms with van der Waals surface area (Å²) in [4.78, 5) is 26.3. The van der Waals surface area contributed by atoms with E-state index in [9.17, 15) is 9.59 Å². The first-order chi connectivity index (χ1) is 13.5. The standard InChI is InChI=1S/C22H22ClNO4/c1-3-28-20-13-15(12-18(23)22(20)27-2)9-10-19(25)16-6-4-7-17(14-16)24-11-5-8-21(24)26/h4,6-7,9-10,12-14H,3,5,8,11H2,1-2H3/b10-9+. The van der Waals surface area contributed by atoms with Crippen molar-refractivity contribution in [3.63, 3.8) is 0 Å². The second-order valence-electron chi connectivity index (χ2n) is 6.36. The number of hydrogen-bond donors (Lipinski definition) is 0. The van der Waals surface area contributed by atoms with Gasteiger partial charge in [0.15, 0.2) is 17.3 Å². The number of benzene rings is 2. The van der Waals surface area contributed by atoms with Crippen molar-refractivity contribution < 1.29 is 19.1 Å². The summed E-state index contributed by atoms with van der Waals surface area (Å²) in [5.41, 5.74) is 2.01. The second kappa shape index (κ2) is 8.93. The Morgan fingerprint density at radius 2 is 2.11 bits per heavy atom. The van der Waals surface area contributed by atoms with Gasteiger partial charge in [0.05, 0.1) is 18.7 Å². The van der Waals surface area contributed by atoms with Gasteiger partial charge in [-0.2, -0.15) is 0 Å². The van der Waals surface area contributed by atoms with Crippen LogP contribution in [0.15, 0.2) is 42.5 Å². The topological polar surface area (TPSA) is 55.8 Å². The zero-order valence-corrected chi connectivity index (χ0v) is 16.7. The van der Waals surface area contributed by atoms with Gasteiger partial charge in [-0.05, 0) is 49.2 Å². The third-order valence-corrected chi connectivity index (χ3v) is 4.76. The van der Waals surface area contributed by atoms with E-state index in [1.807, 2.05) is 13.0 Å². The number of halogens is 1. The van der Waals surface area contributed by atoms with Gasteiger partial charge < -0.3 is 14.4 Å². The van der Waals surface area contributed by atoms with Crippen LogP contribution in [0.25, 0.3) is 6.08 Å². The minimum Gasteiger partial charge on any atom is -0.491 e. The number of ketones is 1. The molecule has 0 bridgehead atoms. The molecule has 0 N–H and O–H groups in total. The lowest BCUT2D eigenvalue weighted by molar-refractivity contribution is -0.117. The molecule has 1 amide bonds. The second-order valence-corrected chi connectivity index (χ2v) is 6.77. The SMILES string of the molecule is CCOc1cc(/C=C/C(=O)c2cccc(N3CCCC3=O)c2)cc(Cl)c1OC. The molecule has 1 aliphatic rings. The molecule has 0 saturated carbocycles. The Bertz CT molecular complexity index is 923. The summed E-state index contributed by atoms with van der Waals surface area (Å²) in [5, 5.41) is 0.412. The Morgan fingerprint density at radius 3 is 2.79 bits per heavy atom. The lowest BCUT2D eigenvalue weighted by atomic mass is 10.1. The van der Waals surface area contributed by atoms with Gasteiger partial charge in [-0.3, -0.25) is 9.59 Å². The molecule has 146 valence electrons. The van der Waals surface area contributed by atoms with E-state index in [1.54, 1.807) is 41.3 Å². The maximum Gasteiger partial charge on any atom is 0.227 e. The highest BCUT2D eigenvalue weighted by atomic mass is 35.5.